The van der Waals surface area contributed by atoms with Gasteiger partial charge in [-0.15, -0.1) is 24.0 Å². The fourth-order valence-corrected chi connectivity index (χ4v) is 2.43. The molecule has 0 bridgehead atoms. The molecule has 0 radical (unpaired) electrons. The second kappa shape index (κ2) is 10.7. The molecule has 1 aliphatic heterocycles. The molecule has 1 aromatic rings. The Labute approximate surface area is 149 Å². The Morgan fingerprint density at radius 2 is 2.18 bits per heavy atom. The van der Waals surface area contributed by atoms with Crippen LogP contribution in [-0.4, -0.2) is 46.4 Å². The zero-order valence-electron chi connectivity index (χ0n) is 13.3. The smallest absolute Gasteiger partial charge is 0.190 e. The topological polar surface area (TPSA) is 54.9 Å². The minimum atomic E-state index is 0. The average molecular weight is 419 g/mol. The van der Waals surface area contributed by atoms with Crippen LogP contribution < -0.4 is 15.4 Å². The number of ether oxygens (including phenoxy) is 2. The Balaban J connectivity index is 0.00000242. The van der Waals surface area contributed by atoms with Crippen LogP contribution in [-0.2, 0) is 11.2 Å². The predicted octanol–water partition coefficient (Wildman–Crippen LogP) is 2.06. The first-order valence-corrected chi connectivity index (χ1v) is 7.47. The van der Waals surface area contributed by atoms with Crippen molar-refractivity contribution >= 4 is 29.9 Å². The monoisotopic (exact) mass is 419 g/mol. The fourth-order valence-electron chi connectivity index (χ4n) is 2.43. The number of nitrogens with zero attached hydrogens (tertiary/aromatic N) is 1. The molecule has 2 N–H and O–H groups in total. The first kappa shape index (κ1) is 19.0. The molecule has 0 aliphatic carbocycles. The van der Waals surface area contributed by atoms with Crippen LogP contribution in [0.1, 0.15) is 12.0 Å². The SMILES string of the molecule is CN=C(NCCc1ccccc1OC)NCC1CCOC1.I. The summed E-state index contributed by atoms with van der Waals surface area (Å²) >= 11 is 0. The summed E-state index contributed by atoms with van der Waals surface area (Å²) in [5.41, 5.74) is 1.20. The molecular weight excluding hydrogens is 393 g/mol. The van der Waals surface area contributed by atoms with Gasteiger partial charge in [0.2, 0.25) is 0 Å². The Bertz CT molecular complexity index is 462. The third-order valence-electron chi connectivity index (χ3n) is 3.69. The van der Waals surface area contributed by atoms with Gasteiger partial charge in [0.1, 0.15) is 5.75 Å². The summed E-state index contributed by atoms with van der Waals surface area (Å²) < 4.78 is 10.7. The normalized spacial score (nSPS) is 17.7. The molecular formula is C16H26IN3O2. The lowest BCUT2D eigenvalue weighted by Gasteiger charge is -2.15. The van der Waals surface area contributed by atoms with Crippen molar-refractivity contribution in [1.82, 2.24) is 10.6 Å². The van der Waals surface area contributed by atoms with Gasteiger partial charge in [-0.25, -0.2) is 0 Å². The largest absolute Gasteiger partial charge is 0.496 e. The van der Waals surface area contributed by atoms with Crippen LogP contribution in [0.25, 0.3) is 0 Å². The van der Waals surface area contributed by atoms with E-state index in [9.17, 15) is 0 Å². The van der Waals surface area contributed by atoms with E-state index in [0.717, 1.165) is 50.9 Å². The Hall–Kier alpha value is -1.02. The number of hydrogen-bond acceptors (Lipinski definition) is 3. The van der Waals surface area contributed by atoms with E-state index < -0.39 is 0 Å². The van der Waals surface area contributed by atoms with E-state index in [-0.39, 0.29) is 24.0 Å². The minimum absolute atomic E-state index is 0. The number of nitrogens with one attached hydrogen (secondary N) is 2. The van der Waals surface area contributed by atoms with Crippen LogP contribution in [0.15, 0.2) is 29.3 Å². The summed E-state index contributed by atoms with van der Waals surface area (Å²) in [5, 5.41) is 6.69. The molecule has 6 heteroatoms. The van der Waals surface area contributed by atoms with Gasteiger partial charge in [-0.3, -0.25) is 4.99 Å². The van der Waals surface area contributed by atoms with Crippen LogP contribution in [0.2, 0.25) is 0 Å². The molecule has 1 aliphatic rings. The summed E-state index contributed by atoms with van der Waals surface area (Å²) in [5.74, 6) is 2.37. The summed E-state index contributed by atoms with van der Waals surface area (Å²) in [7, 11) is 3.50. The van der Waals surface area contributed by atoms with Crippen molar-refractivity contribution in [1.29, 1.82) is 0 Å². The van der Waals surface area contributed by atoms with Crippen molar-refractivity contribution in [2.75, 3.05) is 40.5 Å². The van der Waals surface area contributed by atoms with E-state index in [1.807, 2.05) is 18.2 Å². The molecule has 1 fully saturated rings. The second-order valence-electron chi connectivity index (χ2n) is 5.17. The highest BCUT2D eigenvalue weighted by atomic mass is 127. The van der Waals surface area contributed by atoms with Crippen molar-refractivity contribution < 1.29 is 9.47 Å². The molecule has 22 heavy (non-hydrogen) atoms. The molecule has 1 atom stereocenters. The average Bonchev–Trinajstić information content (AvgIpc) is 3.04. The minimum Gasteiger partial charge on any atom is -0.496 e. The number of rotatable bonds is 6. The maximum atomic E-state index is 5.37. The van der Waals surface area contributed by atoms with Gasteiger partial charge in [0, 0.05) is 32.7 Å². The second-order valence-corrected chi connectivity index (χ2v) is 5.17. The maximum Gasteiger partial charge on any atom is 0.190 e. The van der Waals surface area contributed by atoms with Crippen molar-refractivity contribution in [3.05, 3.63) is 29.8 Å². The molecule has 1 heterocycles. The third-order valence-corrected chi connectivity index (χ3v) is 3.69. The lowest BCUT2D eigenvalue weighted by molar-refractivity contribution is 0.186. The molecule has 124 valence electrons. The fraction of sp³-hybridized carbons (Fsp3) is 0.562. The Morgan fingerprint density at radius 1 is 1.36 bits per heavy atom. The first-order chi connectivity index (χ1) is 10.3. The molecule has 0 amide bonds. The highest BCUT2D eigenvalue weighted by Gasteiger charge is 2.15. The molecule has 0 aromatic heterocycles. The summed E-state index contributed by atoms with van der Waals surface area (Å²) in [6, 6.07) is 8.10. The standard InChI is InChI=1S/C16H25N3O2.HI/c1-17-16(19-11-13-8-10-21-12-13)18-9-7-14-5-3-4-6-15(14)20-2;/h3-6,13H,7-12H2,1-2H3,(H2,17,18,19);1H. The number of methoxy groups -OCH3 is 1. The van der Waals surface area contributed by atoms with E-state index in [1.54, 1.807) is 14.2 Å². The highest BCUT2D eigenvalue weighted by molar-refractivity contribution is 14.0. The molecule has 2 rings (SSSR count). The first-order valence-electron chi connectivity index (χ1n) is 7.47. The molecule has 1 unspecified atom stereocenters. The van der Waals surface area contributed by atoms with Gasteiger partial charge < -0.3 is 20.1 Å². The zero-order chi connectivity index (χ0) is 14.9. The predicted molar refractivity (Wildman–Crippen MR) is 100 cm³/mol. The van der Waals surface area contributed by atoms with Crippen molar-refractivity contribution in [3.8, 4) is 5.75 Å². The quantitative estimate of drug-likeness (QED) is 0.421. The van der Waals surface area contributed by atoms with Crippen LogP contribution in [0, 0.1) is 5.92 Å². The van der Waals surface area contributed by atoms with Gasteiger partial charge in [-0.1, -0.05) is 18.2 Å². The van der Waals surface area contributed by atoms with Gasteiger partial charge in [-0.2, -0.15) is 0 Å². The highest BCUT2D eigenvalue weighted by Crippen LogP contribution is 2.17. The van der Waals surface area contributed by atoms with Gasteiger partial charge in [0.05, 0.1) is 13.7 Å². The number of halogens is 1. The zero-order valence-corrected chi connectivity index (χ0v) is 15.6. The third kappa shape index (κ3) is 6.00. The van der Waals surface area contributed by atoms with Crippen LogP contribution in [0.5, 0.6) is 5.75 Å². The molecule has 0 saturated carbocycles. The molecule has 1 aromatic carbocycles. The number of guanidine groups is 1. The van der Waals surface area contributed by atoms with Crippen LogP contribution in [0.3, 0.4) is 0 Å². The maximum absolute atomic E-state index is 5.37. The van der Waals surface area contributed by atoms with Gasteiger partial charge in [-0.05, 0) is 24.5 Å². The van der Waals surface area contributed by atoms with Crippen molar-refractivity contribution in [2.24, 2.45) is 10.9 Å². The van der Waals surface area contributed by atoms with Crippen molar-refractivity contribution in [3.63, 3.8) is 0 Å². The van der Waals surface area contributed by atoms with E-state index in [1.165, 1.54) is 5.56 Å². The van der Waals surface area contributed by atoms with Gasteiger partial charge in [0.15, 0.2) is 5.96 Å². The molecule has 1 saturated heterocycles. The van der Waals surface area contributed by atoms with Gasteiger partial charge in [0.25, 0.3) is 0 Å². The summed E-state index contributed by atoms with van der Waals surface area (Å²) in [4.78, 5) is 4.25. The molecule has 0 spiro atoms. The molecule has 5 nitrogen and oxygen atoms in total. The lowest BCUT2D eigenvalue weighted by Crippen LogP contribution is -2.40. The number of aliphatic imine (C=N–C) groups is 1. The Morgan fingerprint density at radius 3 is 2.86 bits per heavy atom. The number of benzene rings is 1. The summed E-state index contributed by atoms with van der Waals surface area (Å²) in [6.45, 7) is 3.47. The van der Waals surface area contributed by atoms with Crippen molar-refractivity contribution in [2.45, 2.75) is 12.8 Å². The van der Waals surface area contributed by atoms with E-state index >= 15 is 0 Å². The Kier molecular flexibility index (Phi) is 9.22. The van der Waals surface area contributed by atoms with Crippen LogP contribution in [0.4, 0.5) is 0 Å². The number of para-hydroxylation sites is 1. The number of hydrogen-bond donors (Lipinski definition) is 2. The van der Waals surface area contributed by atoms with E-state index in [0.29, 0.717) is 5.92 Å². The van der Waals surface area contributed by atoms with E-state index in [2.05, 4.69) is 21.7 Å². The van der Waals surface area contributed by atoms with E-state index in [4.69, 9.17) is 9.47 Å². The lowest BCUT2D eigenvalue weighted by atomic mass is 10.1. The summed E-state index contributed by atoms with van der Waals surface area (Å²) in [6.07, 6.45) is 2.03. The van der Waals surface area contributed by atoms with Gasteiger partial charge >= 0.3 is 0 Å². The van der Waals surface area contributed by atoms with Crippen LogP contribution >= 0.6 is 24.0 Å².